The van der Waals surface area contributed by atoms with Gasteiger partial charge in [-0.05, 0) is 37.5 Å². The van der Waals surface area contributed by atoms with Crippen molar-refractivity contribution >= 4 is 18.3 Å². The molecule has 0 bridgehead atoms. The molecule has 0 radical (unpaired) electrons. The van der Waals surface area contributed by atoms with E-state index < -0.39 is 0 Å². The molecule has 1 saturated carbocycles. The van der Waals surface area contributed by atoms with Crippen LogP contribution in [0.15, 0.2) is 0 Å². The molecule has 2 fully saturated rings. The van der Waals surface area contributed by atoms with Gasteiger partial charge in [0.2, 0.25) is 5.91 Å². The van der Waals surface area contributed by atoms with Gasteiger partial charge in [-0.1, -0.05) is 32.1 Å². The molecule has 1 saturated heterocycles. The number of hydrogen-bond donors (Lipinski definition) is 2. The smallest absolute Gasteiger partial charge is 0.237 e. The first kappa shape index (κ1) is 18.7. The molecular weight excluding hydrogens is 288 g/mol. The second-order valence-electron chi connectivity index (χ2n) is 6.43. The van der Waals surface area contributed by atoms with Crippen LogP contribution < -0.4 is 11.1 Å². The summed E-state index contributed by atoms with van der Waals surface area (Å²) < 4.78 is 5.32. The minimum atomic E-state index is -0.354. The Morgan fingerprint density at radius 2 is 1.62 bits per heavy atom. The number of nitrogens with two attached hydrogens (primary N) is 1. The average Bonchev–Trinajstić information content (AvgIpc) is 2.46. The Morgan fingerprint density at radius 1 is 1.05 bits per heavy atom. The SMILES string of the molecule is Cl.NC(C(=O)NCC1CCCCCCC1)C1CCOCC1. The Bertz CT molecular complexity index is 288. The van der Waals surface area contributed by atoms with Crippen molar-refractivity contribution in [2.45, 2.75) is 63.8 Å². The van der Waals surface area contributed by atoms with Gasteiger partial charge < -0.3 is 15.8 Å². The molecule has 0 aromatic carbocycles. The van der Waals surface area contributed by atoms with Crippen LogP contribution in [0.1, 0.15) is 57.8 Å². The highest BCUT2D eigenvalue weighted by atomic mass is 35.5. The third-order valence-electron chi connectivity index (χ3n) is 4.87. The van der Waals surface area contributed by atoms with E-state index in [0.29, 0.717) is 11.8 Å². The molecule has 0 aromatic rings. The van der Waals surface area contributed by atoms with Crippen LogP contribution in [-0.2, 0) is 9.53 Å². The number of carbonyl (C=O) groups is 1. The van der Waals surface area contributed by atoms with Gasteiger partial charge in [0.15, 0.2) is 0 Å². The first-order valence-electron chi connectivity index (χ1n) is 8.38. The summed E-state index contributed by atoms with van der Waals surface area (Å²) in [7, 11) is 0. The molecule has 21 heavy (non-hydrogen) atoms. The minimum absolute atomic E-state index is 0. The highest BCUT2D eigenvalue weighted by Crippen LogP contribution is 2.22. The lowest BCUT2D eigenvalue weighted by Gasteiger charge is -2.27. The van der Waals surface area contributed by atoms with E-state index in [1.54, 1.807) is 0 Å². The topological polar surface area (TPSA) is 64.4 Å². The van der Waals surface area contributed by atoms with Crippen molar-refractivity contribution in [2.75, 3.05) is 19.8 Å². The van der Waals surface area contributed by atoms with Gasteiger partial charge in [0.25, 0.3) is 0 Å². The first-order valence-corrected chi connectivity index (χ1v) is 8.38. The van der Waals surface area contributed by atoms with E-state index in [0.717, 1.165) is 32.6 Å². The van der Waals surface area contributed by atoms with Crippen molar-refractivity contribution in [1.82, 2.24) is 5.32 Å². The highest BCUT2D eigenvalue weighted by Gasteiger charge is 2.26. The van der Waals surface area contributed by atoms with E-state index in [2.05, 4.69) is 5.32 Å². The molecule has 1 amide bonds. The molecule has 1 atom stereocenters. The molecule has 5 heteroatoms. The van der Waals surface area contributed by atoms with Crippen LogP contribution in [-0.4, -0.2) is 31.7 Å². The molecule has 2 rings (SSSR count). The lowest BCUT2D eigenvalue weighted by molar-refractivity contribution is -0.124. The Balaban J connectivity index is 0.00000220. The van der Waals surface area contributed by atoms with Crippen LogP contribution in [0.25, 0.3) is 0 Å². The van der Waals surface area contributed by atoms with Gasteiger partial charge in [-0.3, -0.25) is 4.79 Å². The number of hydrogen-bond acceptors (Lipinski definition) is 3. The van der Waals surface area contributed by atoms with Crippen LogP contribution in [0.2, 0.25) is 0 Å². The molecule has 1 aliphatic heterocycles. The number of amides is 1. The summed E-state index contributed by atoms with van der Waals surface area (Å²) in [5, 5.41) is 3.09. The largest absolute Gasteiger partial charge is 0.381 e. The van der Waals surface area contributed by atoms with Crippen molar-refractivity contribution < 1.29 is 9.53 Å². The number of rotatable bonds is 4. The Kier molecular flexibility index (Phi) is 9.29. The number of carbonyl (C=O) groups excluding carboxylic acids is 1. The summed E-state index contributed by atoms with van der Waals surface area (Å²) in [6.45, 7) is 2.30. The molecule has 3 N–H and O–H groups in total. The fraction of sp³-hybridized carbons (Fsp3) is 0.938. The van der Waals surface area contributed by atoms with E-state index in [1.807, 2.05) is 0 Å². The van der Waals surface area contributed by atoms with Gasteiger partial charge in [0, 0.05) is 19.8 Å². The van der Waals surface area contributed by atoms with Crippen LogP contribution >= 0.6 is 12.4 Å². The molecule has 1 aliphatic carbocycles. The lowest BCUT2D eigenvalue weighted by atomic mass is 9.90. The summed E-state index contributed by atoms with van der Waals surface area (Å²) in [5.74, 6) is 0.987. The molecule has 124 valence electrons. The van der Waals surface area contributed by atoms with E-state index in [-0.39, 0.29) is 24.4 Å². The summed E-state index contributed by atoms with van der Waals surface area (Å²) in [5.41, 5.74) is 6.10. The second kappa shape index (κ2) is 10.4. The number of ether oxygens (including phenoxy) is 1. The van der Waals surface area contributed by atoms with Crippen molar-refractivity contribution in [1.29, 1.82) is 0 Å². The minimum Gasteiger partial charge on any atom is -0.381 e. The fourth-order valence-electron chi connectivity index (χ4n) is 3.40. The zero-order valence-electron chi connectivity index (χ0n) is 13.0. The van der Waals surface area contributed by atoms with Crippen LogP contribution in [0.4, 0.5) is 0 Å². The molecule has 0 aromatic heterocycles. The van der Waals surface area contributed by atoms with Crippen molar-refractivity contribution in [2.24, 2.45) is 17.6 Å². The monoisotopic (exact) mass is 318 g/mol. The quantitative estimate of drug-likeness (QED) is 0.837. The van der Waals surface area contributed by atoms with E-state index in [1.165, 1.54) is 44.9 Å². The summed E-state index contributed by atoms with van der Waals surface area (Å²) in [6, 6.07) is -0.354. The first-order chi connectivity index (χ1) is 9.77. The third kappa shape index (κ3) is 6.54. The maximum atomic E-state index is 12.2. The Hall–Kier alpha value is -0.320. The molecule has 1 unspecified atom stereocenters. The predicted octanol–water partition coefficient (Wildman–Crippen LogP) is 2.64. The van der Waals surface area contributed by atoms with Crippen LogP contribution in [0, 0.1) is 11.8 Å². The summed E-state index contributed by atoms with van der Waals surface area (Å²) >= 11 is 0. The van der Waals surface area contributed by atoms with Gasteiger partial charge in [0.05, 0.1) is 6.04 Å². The molecular formula is C16H31ClN2O2. The predicted molar refractivity (Wildman–Crippen MR) is 87.6 cm³/mol. The van der Waals surface area contributed by atoms with Gasteiger partial charge in [0.1, 0.15) is 0 Å². The number of nitrogens with one attached hydrogen (secondary N) is 1. The molecule has 2 aliphatic rings. The average molecular weight is 319 g/mol. The van der Waals surface area contributed by atoms with Crippen molar-refractivity contribution in [3.63, 3.8) is 0 Å². The molecule has 4 nitrogen and oxygen atoms in total. The van der Waals surface area contributed by atoms with Gasteiger partial charge in [-0.15, -0.1) is 12.4 Å². The number of halogens is 1. The maximum Gasteiger partial charge on any atom is 0.237 e. The van der Waals surface area contributed by atoms with Gasteiger partial charge in [-0.2, -0.15) is 0 Å². The van der Waals surface area contributed by atoms with E-state index in [9.17, 15) is 4.79 Å². The summed E-state index contributed by atoms with van der Waals surface area (Å²) in [4.78, 5) is 12.2. The van der Waals surface area contributed by atoms with Gasteiger partial charge >= 0.3 is 0 Å². The van der Waals surface area contributed by atoms with Crippen molar-refractivity contribution in [3.05, 3.63) is 0 Å². The Morgan fingerprint density at radius 3 is 2.24 bits per heavy atom. The van der Waals surface area contributed by atoms with Crippen LogP contribution in [0.3, 0.4) is 0 Å². The molecule has 1 heterocycles. The second-order valence-corrected chi connectivity index (χ2v) is 6.43. The normalized spacial score (nSPS) is 23.5. The third-order valence-corrected chi connectivity index (χ3v) is 4.87. The van der Waals surface area contributed by atoms with Crippen molar-refractivity contribution in [3.8, 4) is 0 Å². The van der Waals surface area contributed by atoms with E-state index >= 15 is 0 Å². The fourth-order valence-corrected chi connectivity index (χ4v) is 3.40. The lowest BCUT2D eigenvalue weighted by Crippen LogP contribution is -2.48. The standard InChI is InChI=1S/C16H30N2O2.ClH/c17-15(14-8-10-20-11-9-14)16(19)18-12-13-6-4-2-1-3-5-7-13;/h13-15H,1-12,17H2,(H,18,19);1H. The molecule has 0 spiro atoms. The van der Waals surface area contributed by atoms with Gasteiger partial charge in [-0.25, -0.2) is 0 Å². The Labute approximate surface area is 135 Å². The van der Waals surface area contributed by atoms with E-state index in [4.69, 9.17) is 10.5 Å². The maximum absolute atomic E-state index is 12.2. The highest BCUT2D eigenvalue weighted by molar-refractivity contribution is 5.85. The summed E-state index contributed by atoms with van der Waals surface area (Å²) in [6.07, 6.45) is 11.1. The van der Waals surface area contributed by atoms with Crippen LogP contribution in [0.5, 0.6) is 0 Å². The zero-order valence-corrected chi connectivity index (χ0v) is 13.8. The zero-order chi connectivity index (χ0) is 14.2.